The molecule has 14 aromatic rings. The summed E-state index contributed by atoms with van der Waals surface area (Å²) < 4.78 is 65.4. The zero-order chi connectivity index (χ0) is 109. The minimum absolute atomic E-state index is 0.0727. The van der Waals surface area contributed by atoms with Crippen molar-refractivity contribution in [2.24, 2.45) is 5.92 Å². The number of para-hydroxylation sites is 5. The smallest absolute Gasteiger partial charge is 0.276 e. The molecule has 45 heteroatoms. The molecule has 16 rings (SSSR count). The first kappa shape index (κ1) is 112. The van der Waals surface area contributed by atoms with E-state index in [1.54, 1.807) is 79.9 Å². The number of aromatic nitrogens is 12. The van der Waals surface area contributed by atoms with Crippen molar-refractivity contribution in [1.29, 1.82) is 0 Å². The predicted octanol–water partition coefficient (Wildman–Crippen LogP) is 7.31. The van der Waals surface area contributed by atoms with Gasteiger partial charge in [0.05, 0.1) is 93.2 Å². The molecule has 6 aromatic heterocycles. The lowest BCUT2D eigenvalue weighted by Crippen LogP contribution is -2.44. The van der Waals surface area contributed by atoms with E-state index in [9.17, 15) is 105 Å². The summed E-state index contributed by atoms with van der Waals surface area (Å²) in [7, 11) is 2.79. The Balaban J connectivity index is 0.000000172. The molecule has 784 valence electrons. The highest BCUT2D eigenvalue weighted by atomic mass is 32.2. The largest absolute Gasteiger partial charge is 0.503 e. The molecule has 1 saturated heterocycles. The van der Waals surface area contributed by atoms with Gasteiger partial charge in [0.25, 0.3) is 68.0 Å². The number of aryl methyl sites for hydroxylation is 4. The van der Waals surface area contributed by atoms with Gasteiger partial charge in [-0.3, -0.25) is 71.6 Å². The number of carbonyl (C=O) groups excluding carboxylic acids is 6. The minimum atomic E-state index is -3.94. The van der Waals surface area contributed by atoms with E-state index in [2.05, 4.69) is 79.3 Å². The summed E-state index contributed by atoms with van der Waals surface area (Å²) in [6, 6.07) is 59.9. The lowest BCUT2D eigenvalue weighted by Gasteiger charge is -2.35. The highest BCUT2D eigenvalue weighted by Gasteiger charge is 2.31. The molecular weight excluding hydrogens is 1970 g/mol. The van der Waals surface area contributed by atoms with Crippen LogP contribution in [-0.4, -0.2) is 222 Å². The van der Waals surface area contributed by atoms with Crippen molar-refractivity contribution in [1.82, 2.24) is 95.5 Å². The number of methoxy groups -OCH3 is 1. The van der Waals surface area contributed by atoms with E-state index in [1.807, 2.05) is 112 Å². The summed E-state index contributed by atoms with van der Waals surface area (Å²) in [4.78, 5) is 147. The number of benzene rings is 8. The Bertz CT molecular complexity index is 7850. The van der Waals surface area contributed by atoms with Crippen molar-refractivity contribution in [2.45, 2.75) is 117 Å². The van der Waals surface area contributed by atoms with Crippen LogP contribution in [0.25, 0.3) is 17.1 Å². The van der Waals surface area contributed by atoms with E-state index < -0.39 is 134 Å². The van der Waals surface area contributed by atoms with Gasteiger partial charge in [0.2, 0.25) is 19.7 Å². The Labute approximate surface area is 860 Å². The summed E-state index contributed by atoms with van der Waals surface area (Å²) in [5.74, 6) is -6.02. The maximum atomic E-state index is 13.2. The molecule has 2 fully saturated rings. The van der Waals surface area contributed by atoms with E-state index in [0.29, 0.717) is 37.7 Å². The topological polar surface area (TPSA) is 589 Å². The van der Waals surface area contributed by atoms with Crippen molar-refractivity contribution < 1.29 is 81.0 Å². The van der Waals surface area contributed by atoms with Gasteiger partial charge in [-0.15, -0.1) is 0 Å². The highest BCUT2D eigenvalue weighted by molar-refractivity contribution is 7.92. The average molecular weight is 2090 g/mol. The van der Waals surface area contributed by atoms with Crippen LogP contribution in [0.3, 0.4) is 0 Å². The van der Waals surface area contributed by atoms with Crippen molar-refractivity contribution in [3.63, 3.8) is 0 Å². The highest BCUT2D eigenvalue weighted by Crippen LogP contribution is 2.33. The third-order valence-corrected chi connectivity index (χ3v) is 27.5. The van der Waals surface area contributed by atoms with Crippen LogP contribution in [0.1, 0.15) is 138 Å². The summed E-state index contributed by atoms with van der Waals surface area (Å²) >= 11 is 0. The fraction of sp³-hybridized carbons (Fsp3) is 0.257. The number of piperazine rings is 1. The summed E-state index contributed by atoms with van der Waals surface area (Å²) in [6.45, 7) is 11.3. The molecule has 6 amide bonds. The molecule has 0 spiro atoms. The summed E-state index contributed by atoms with van der Waals surface area (Å²) in [5, 5.41) is 97.5. The number of ether oxygens (including phenoxy) is 1. The molecule has 8 aromatic carbocycles. The second-order valence-corrected chi connectivity index (χ2v) is 38.6. The number of nitrogens with zero attached hydrogens (tertiary/aromatic N) is 14. The minimum Gasteiger partial charge on any atom is -0.503 e. The monoisotopic (exact) mass is 2090 g/mol. The molecule has 0 unspecified atom stereocenters. The fourth-order valence-corrected chi connectivity index (χ4v) is 18.6. The van der Waals surface area contributed by atoms with Gasteiger partial charge in [0.1, 0.15) is 5.75 Å². The average Bonchev–Trinajstić information content (AvgIpc) is 0.772. The van der Waals surface area contributed by atoms with E-state index in [0.717, 1.165) is 82.5 Å². The van der Waals surface area contributed by atoms with E-state index >= 15 is 0 Å². The van der Waals surface area contributed by atoms with Crippen LogP contribution in [-0.2, 0) is 57.7 Å². The number of amides is 6. The number of rotatable bonds is 26. The standard InChI is InChI=1S/C24H19N3O5S.C18H15N3O5S.C17H21N5O3.C17H21N3O3.C15H17N3O4.C14H21N3O3/c28-20-16-27(26-22(23(20)29)24(30)25-15-17-9-3-1-4-10-17)19-13-7-8-14-21(19)33(31,32)18-11-5-2-6-12-18;1-19-18(24)16-17(23)14(22)11-21(20-16)13-9-5-6-10-15(13)27(25,26)12-7-3-2-4-8-12;1-18-17(25)15-16(24)14(23)11-22(19-15)13-6-4-3-5-12(13)21-9-7-20(2)8-10-21;1-11-5-7-12(8-6-11)17(2,3)10-20-9-13(21)15(22)14(19-20)16(23)18-4;1-16-15(21)13-14(20)11(19)9-18(17-13)8-7-10-5-3-4-6-12(10)22-2;1-15-14(20)12-13(19)11(18)9-17(16-12)8-7-10-5-3-2-4-6-10/h1-14,16,28H,15H2,(H,25,30);2-11,22H,1H3,(H,19,24);3-6,11,23H,7-10H2,1-2H3,(H,18,25);5-9,21H,10H2,1-4H3,(H,18,23);3-6,9,19H,7-8H2,1-2H3,(H,16,21);9-10,18H,2-8H2,1H3,(H,15,20). The molecule has 12 N–H and O–H groups in total. The predicted molar refractivity (Wildman–Crippen MR) is 555 cm³/mol. The van der Waals surface area contributed by atoms with Gasteiger partial charge in [-0.05, 0) is 116 Å². The first-order valence-electron chi connectivity index (χ1n) is 47.0. The van der Waals surface area contributed by atoms with Gasteiger partial charge in [-0.2, -0.15) is 30.6 Å². The Kier molecular flexibility index (Phi) is 38.8. The number of carbonyl (C=O) groups is 6. The van der Waals surface area contributed by atoms with E-state index in [-0.39, 0.29) is 65.7 Å². The maximum Gasteiger partial charge on any atom is 0.276 e. The van der Waals surface area contributed by atoms with Crippen LogP contribution in [0.4, 0.5) is 5.69 Å². The number of nitrogens with one attached hydrogen (secondary N) is 6. The van der Waals surface area contributed by atoms with Crippen molar-refractivity contribution in [2.75, 3.05) is 80.5 Å². The number of likely N-dealkylation sites (N-methyl/N-ethyl adjacent to an activating group) is 1. The number of anilines is 1. The lowest BCUT2D eigenvalue weighted by atomic mass is 9.84. The van der Waals surface area contributed by atoms with Gasteiger partial charge >= 0.3 is 0 Å². The van der Waals surface area contributed by atoms with E-state index in [1.165, 1.54) is 165 Å². The molecular formula is C105H114N20O23S2. The van der Waals surface area contributed by atoms with Crippen molar-refractivity contribution in [3.05, 3.63) is 367 Å². The number of aromatic hydroxyl groups is 6. The number of sulfone groups is 2. The van der Waals surface area contributed by atoms with Crippen LogP contribution in [0, 0.1) is 12.8 Å². The van der Waals surface area contributed by atoms with Crippen LogP contribution < -0.4 is 74.1 Å². The molecule has 1 aliphatic carbocycles. The molecule has 0 atom stereocenters. The third kappa shape index (κ3) is 28.5. The normalized spacial score (nSPS) is 12.4. The first-order chi connectivity index (χ1) is 71.7. The Hall–Kier alpha value is -17.9. The van der Waals surface area contributed by atoms with Crippen LogP contribution >= 0.6 is 0 Å². The van der Waals surface area contributed by atoms with Crippen LogP contribution in [0.5, 0.6) is 40.2 Å². The van der Waals surface area contributed by atoms with Crippen LogP contribution in [0.15, 0.2) is 298 Å². The SMILES string of the molecule is CNC(=O)c1nn(-c2ccccc2N2CCN(C)CC2)cc(O)c1=O.CNC(=O)c1nn(-c2ccccc2S(=O)(=O)c2ccccc2)cc(O)c1=O.CNC(=O)c1nn(CC(C)(C)c2ccc(C)cc2)cc(O)c1=O.CNC(=O)c1nn(CCC2CCCCC2)cc(O)c1=O.CNC(=O)c1nn(CCc2ccccc2OC)cc(O)c1=O.O=C(NCc1ccccc1)c1nn(-c2ccccc2S(=O)(=O)c2ccccc2)cc(O)c1=O. The molecule has 2 aliphatic rings. The van der Waals surface area contributed by atoms with Gasteiger partial charge in [-0.25, -0.2) is 30.9 Å². The second kappa shape index (κ2) is 51.8. The Morgan fingerprint density at radius 3 is 1.15 bits per heavy atom. The molecule has 0 bridgehead atoms. The summed E-state index contributed by atoms with van der Waals surface area (Å²) in [6.07, 6.45) is 14.8. The second-order valence-electron chi connectivity index (χ2n) is 34.7. The lowest BCUT2D eigenvalue weighted by molar-refractivity contribution is 0.0936. The van der Waals surface area contributed by atoms with Gasteiger partial charge in [0, 0.05) is 86.5 Å². The third-order valence-electron chi connectivity index (χ3n) is 23.8. The van der Waals surface area contributed by atoms with Gasteiger partial charge in [-0.1, -0.05) is 197 Å². The molecule has 0 radical (unpaired) electrons. The molecule has 1 saturated carbocycles. The molecule has 43 nitrogen and oxygen atoms in total. The quantitative estimate of drug-likeness (QED) is 0.0253. The van der Waals surface area contributed by atoms with Gasteiger partial charge < -0.3 is 77.1 Å². The molecule has 150 heavy (non-hydrogen) atoms. The zero-order valence-corrected chi connectivity index (χ0v) is 85.2. The number of hydrogen-bond acceptors (Lipinski definition) is 31. The Morgan fingerprint density at radius 2 is 0.727 bits per heavy atom. The molecule has 7 heterocycles. The summed E-state index contributed by atoms with van der Waals surface area (Å²) in [5.41, 5.74) is -1.75. The van der Waals surface area contributed by atoms with E-state index in [4.69, 9.17) is 4.74 Å². The molecule has 1 aliphatic heterocycles. The van der Waals surface area contributed by atoms with Crippen molar-refractivity contribution in [3.8, 4) is 57.3 Å². The maximum absolute atomic E-state index is 13.2. The van der Waals surface area contributed by atoms with Crippen molar-refractivity contribution >= 4 is 60.8 Å². The zero-order valence-electron chi connectivity index (χ0n) is 83.6. The number of hydrogen-bond donors (Lipinski definition) is 12. The fourth-order valence-electron chi connectivity index (χ4n) is 15.6. The van der Waals surface area contributed by atoms with Crippen LogP contribution in [0.2, 0.25) is 0 Å². The first-order valence-corrected chi connectivity index (χ1v) is 50.0. The Morgan fingerprint density at radius 1 is 0.387 bits per heavy atom. The van der Waals surface area contributed by atoms with Gasteiger partial charge in [0.15, 0.2) is 68.7 Å².